The number of rotatable bonds is 5. The van der Waals surface area contributed by atoms with Gasteiger partial charge in [-0.25, -0.2) is 12.7 Å². The monoisotopic (exact) mass is 424 g/mol. The smallest absolute Gasteiger partial charge is 0.213 e. The highest BCUT2D eigenvalue weighted by Crippen LogP contribution is 2.31. The van der Waals surface area contributed by atoms with E-state index in [1.165, 1.54) is 27.8 Å². The van der Waals surface area contributed by atoms with Crippen LogP contribution in [0, 0.1) is 0 Å². The first-order valence-corrected chi connectivity index (χ1v) is 12.6. The summed E-state index contributed by atoms with van der Waals surface area (Å²) in [5, 5.41) is 0. The van der Waals surface area contributed by atoms with Crippen LogP contribution in [0.2, 0.25) is 0 Å². The number of benzene rings is 2. The van der Waals surface area contributed by atoms with Crippen LogP contribution in [0.5, 0.6) is 0 Å². The molecule has 0 aromatic heterocycles. The third-order valence-corrected chi connectivity index (χ3v) is 8.36. The van der Waals surface area contributed by atoms with Crippen molar-refractivity contribution in [1.29, 1.82) is 0 Å². The van der Waals surface area contributed by atoms with Gasteiger partial charge >= 0.3 is 0 Å². The number of piperidine rings is 1. The molecule has 1 fully saturated rings. The van der Waals surface area contributed by atoms with Gasteiger partial charge in [0.1, 0.15) is 0 Å². The summed E-state index contributed by atoms with van der Waals surface area (Å²) in [5.41, 5.74) is 6.51. The molecule has 0 radical (unpaired) electrons. The maximum absolute atomic E-state index is 12.1. The summed E-state index contributed by atoms with van der Waals surface area (Å²) in [6.45, 7) is 8.33. The van der Waals surface area contributed by atoms with Gasteiger partial charge in [-0.1, -0.05) is 50.2 Å². The van der Waals surface area contributed by atoms with Gasteiger partial charge in [0.05, 0.1) is 5.75 Å². The number of sulfonamides is 1. The average Bonchev–Trinajstić information content (AvgIpc) is 2.78. The Morgan fingerprint density at radius 3 is 2.47 bits per heavy atom. The molecule has 5 heteroatoms. The second kappa shape index (κ2) is 8.56. The van der Waals surface area contributed by atoms with E-state index < -0.39 is 10.0 Å². The quantitative estimate of drug-likeness (QED) is 0.672. The molecule has 0 saturated carbocycles. The zero-order valence-electron chi connectivity index (χ0n) is 18.2. The predicted octanol–water partition coefficient (Wildman–Crippen LogP) is 5.08. The Morgan fingerprint density at radius 1 is 1.03 bits per heavy atom. The van der Waals surface area contributed by atoms with Crippen LogP contribution in [0.1, 0.15) is 56.2 Å². The minimum Gasteiger partial charge on any atom is -0.370 e. The first-order valence-electron chi connectivity index (χ1n) is 11.0. The van der Waals surface area contributed by atoms with Gasteiger partial charge in [0.15, 0.2) is 0 Å². The SMILES string of the molecule is CCS(=O)(=O)N1CCC(N2C=Cc3cc(-c4cccc(C(C)C)c4)ccc3C2)CC1. The fourth-order valence-electron chi connectivity index (χ4n) is 4.46. The Balaban J connectivity index is 1.46. The molecule has 30 heavy (non-hydrogen) atoms. The largest absolute Gasteiger partial charge is 0.370 e. The van der Waals surface area contributed by atoms with E-state index in [-0.39, 0.29) is 5.75 Å². The lowest BCUT2D eigenvalue weighted by molar-refractivity contribution is 0.183. The number of hydrogen-bond acceptors (Lipinski definition) is 3. The standard InChI is InChI=1S/C25H32N2O2S/c1-4-30(28,29)27-14-11-25(12-15-27)26-13-10-23-17-22(8-9-24(23)18-26)21-7-5-6-20(16-21)19(2)3/h5-10,13,16-17,19,25H,4,11-12,14-15,18H2,1-3H3. The van der Waals surface area contributed by atoms with Crippen molar-refractivity contribution in [2.45, 2.75) is 52.1 Å². The summed E-state index contributed by atoms with van der Waals surface area (Å²) in [5.74, 6) is 0.714. The molecule has 0 atom stereocenters. The van der Waals surface area contributed by atoms with Crippen molar-refractivity contribution < 1.29 is 8.42 Å². The fraction of sp³-hybridized carbons (Fsp3) is 0.440. The Hall–Kier alpha value is -2.11. The van der Waals surface area contributed by atoms with Gasteiger partial charge in [0, 0.05) is 31.9 Å². The summed E-state index contributed by atoms with van der Waals surface area (Å²) in [7, 11) is -3.07. The Labute approximate surface area is 181 Å². The van der Waals surface area contributed by atoms with Gasteiger partial charge in [-0.05, 0) is 65.6 Å². The van der Waals surface area contributed by atoms with E-state index in [1.807, 2.05) is 0 Å². The summed E-state index contributed by atoms with van der Waals surface area (Å²) in [4.78, 5) is 2.39. The predicted molar refractivity (Wildman–Crippen MR) is 125 cm³/mol. The molecule has 2 aliphatic heterocycles. The van der Waals surface area contributed by atoms with Crippen molar-refractivity contribution in [3.8, 4) is 11.1 Å². The van der Waals surface area contributed by atoms with Gasteiger partial charge in [0.2, 0.25) is 10.0 Å². The van der Waals surface area contributed by atoms with Crippen LogP contribution >= 0.6 is 0 Å². The summed E-state index contributed by atoms with van der Waals surface area (Å²) in [6.07, 6.45) is 6.19. The van der Waals surface area contributed by atoms with E-state index in [0.29, 0.717) is 25.0 Å². The van der Waals surface area contributed by atoms with Gasteiger partial charge in [0.25, 0.3) is 0 Å². The third-order valence-electron chi connectivity index (χ3n) is 6.48. The van der Waals surface area contributed by atoms with Crippen molar-refractivity contribution in [2.75, 3.05) is 18.8 Å². The molecule has 160 valence electrons. The van der Waals surface area contributed by atoms with E-state index in [9.17, 15) is 8.42 Å². The molecule has 0 N–H and O–H groups in total. The number of fused-ring (bicyclic) bond motifs is 1. The van der Waals surface area contributed by atoms with Crippen LogP contribution in [0.3, 0.4) is 0 Å². The van der Waals surface area contributed by atoms with E-state index in [4.69, 9.17) is 0 Å². The number of hydrogen-bond donors (Lipinski definition) is 0. The van der Waals surface area contributed by atoms with E-state index in [2.05, 4.69) is 73.5 Å². The van der Waals surface area contributed by atoms with Crippen LogP contribution in [0.4, 0.5) is 0 Å². The molecule has 0 unspecified atom stereocenters. The molecule has 0 amide bonds. The Morgan fingerprint density at radius 2 is 1.77 bits per heavy atom. The first kappa shape index (κ1) is 21.1. The lowest BCUT2D eigenvalue weighted by Crippen LogP contribution is -2.45. The molecule has 2 aliphatic rings. The highest BCUT2D eigenvalue weighted by atomic mass is 32.2. The van der Waals surface area contributed by atoms with E-state index in [0.717, 1.165) is 19.4 Å². The highest BCUT2D eigenvalue weighted by molar-refractivity contribution is 7.89. The molecule has 2 heterocycles. The topological polar surface area (TPSA) is 40.6 Å². The molecule has 2 aromatic rings. The Kier molecular flexibility index (Phi) is 6.03. The van der Waals surface area contributed by atoms with Crippen LogP contribution in [-0.2, 0) is 16.6 Å². The summed E-state index contributed by atoms with van der Waals surface area (Å²) < 4.78 is 25.9. The molecule has 4 rings (SSSR count). The minimum absolute atomic E-state index is 0.192. The molecule has 0 aliphatic carbocycles. The van der Waals surface area contributed by atoms with Gasteiger partial charge in [-0.3, -0.25) is 0 Å². The Bertz CT molecular complexity index is 1030. The lowest BCUT2D eigenvalue weighted by Gasteiger charge is -2.39. The van der Waals surface area contributed by atoms with E-state index in [1.54, 1.807) is 11.2 Å². The summed E-state index contributed by atoms with van der Waals surface area (Å²) in [6, 6.07) is 16.0. The molecule has 0 spiro atoms. The second-order valence-corrected chi connectivity index (χ2v) is 11.0. The van der Waals surface area contributed by atoms with Crippen LogP contribution in [-0.4, -0.2) is 42.5 Å². The molecular formula is C25H32N2O2S. The maximum atomic E-state index is 12.1. The third kappa shape index (κ3) is 4.33. The van der Waals surface area contributed by atoms with Crippen LogP contribution in [0.25, 0.3) is 17.2 Å². The van der Waals surface area contributed by atoms with Crippen molar-refractivity contribution in [1.82, 2.24) is 9.21 Å². The van der Waals surface area contributed by atoms with E-state index >= 15 is 0 Å². The zero-order chi connectivity index (χ0) is 21.3. The minimum atomic E-state index is -3.07. The highest BCUT2D eigenvalue weighted by Gasteiger charge is 2.29. The van der Waals surface area contributed by atoms with Gasteiger partial charge in [-0.2, -0.15) is 0 Å². The number of nitrogens with zero attached hydrogens (tertiary/aromatic N) is 2. The van der Waals surface area contributed by atoms with Crippen molar-refractivity contribution >= 4 is 16.1 Å². The summed E-state index contributed by atoms with van der Waals surface area (Å²) >= 11 is 0. The van der Waals surface area contributed by atoms with Gasteiger partial charge in [-0.15, -0.1) is 0 Å². The zero-order valence-corrected chi connectivity index (χ0v) is 19.0. The lowest BCUT2D eigenvalue weighted by atomic mass is 9.93. The molecule has 1 saturated heterocycles. The van der Waals surface area contributed by atoms with Crippen molar-refractivity contribution in [3.05, 3.63) is 65.4 Å². The van der Waals surface area contributed by atoms with Crippen molar-refractivity contribution in [2.24, 2.45) is 0 Å². The molecule has 4 nitrogen and oxygen atoms in total. The molecule has 2 aromatic carbocycles. The fourth-order valence-corrected chi connectivity index (χ4v) is 5.59. The average molecular weight is 425 g/mol. The molecule has 0 bridgehead atoms. The van der Waals surface area contributed by atoms with Gasteiger partial charge < -0.3 is 4.90 Å². The van der Waals surface area contributed by atoms with Crippen molar-refractivity contribution in [3.63, 3.8) is 0 Å². The van der Waals surface area contributed by atoms with Crippen LogP contribution < -0.4 is 0 Å². The first-order chi connectivity index (χ1) is 14.4. The van der Waals surface area contributed by atoms with Crippen LogP contribution in [0.15, 0.2) is 48.7 Å². The molecular weight excluding hydrogens is 392 g/mol. The normalized spacial score (nSPS) is 18.1. The second-order valence-electron chi connectivity index (χ2n) is 8.71. The maximum Gasteiger partial charge on any atom is 0.213 e.